The topological polar surface area (TPSA) is 88.2 Å². The molecule has 2 rings (SSSR count). The molecule has 0 saturated carbocycles. The van der Waals surface area contributed by atoms with Gasteiger partial charge in [0.15, 0.2) is 0 Å². The van der Waals surface area contributed by atoms with E-state index >= 15 is 0 Å². The van der Waals surface area contributed by atoms with Crippen molar-refractivity contribution in [3.05, 3.63) is 63.4 Å². The molecule has 162 valence electrons. The predicted molar refractivity (Wildman–Crippen MR) is 124 cm³/mol. The highest BCUT2D eigenvalue weighted by molar-refractivity contribution is 6.33. The Morgan fingerprint density at radius 1 is 1.21 bits per heavy atom. The minimum absolute atomic E-state index is 0. The summed E-state index contributed by atoms with van der Waals surface area (Å²) in [6.45, 7) is 5.71. The van der Waals surface area contributed by atoms with E-state index in [-0.39, 0.29) is 42.7 Å². The zero-order valence-electron chi connectivity index (χ0n) is 16.5. The zero-order chi connectivity index (χ0) is 20.2. The smallest absolute Gasteiger partial charge is 0.253 e. The summed E-state index contributed by atoms with van der Waals surface area (Å²) in [6.07, 6.45) is 1.22. The van der Waals surface area contributed by atoms with Crippen LogP contribution in [0, 0.1) is 0 Å². The second-order valence-corrected chi connectivity index (χ2v) is 8.42. The number of carbonyl (C=O) groups excluding carboxylic acids is 1. The molecule has 2 aromatic rings. The van der Waals surface area contributed by atoms with Crippen molar-refractivity contribution in [3.63, 3.8) is 0 Å². The van der Waals surface area contributed by atoms with Gasteiger partial charge in [0.05, 0.1) is 17.4 Å². The lowest BCUT2D eigenvalue weighted by Gasteiger charge is -2.23. The molecule has 0 saturated heterocycles. The summed E-state index contributed by atoms with van der Waals surface area (Å²) in [4.78, 5) is 16.8. The van der Waals surface area contributed by atoms with E-state index < -0.39 is 12.1 Å². The number of hydrogen-bond acceptors (Lipinski definition) is 4. The Morgan fingerprint density at radius 3 is 2.48 bits per heavy atom. The van der Waals surface area contributed by atoms with Gasteiger partial charge in [0.1, 0.15) is 0 Å². The number of rotatable bonds is 6. The summed E-state index contributed by atoms with van der Waals surface area (Å²) in [6, 6.07) is 7.94. The average Bonchev–Trinajstić information content (AvgIpc) is 2.57. The number of benzene rings is 1. The van der Waals surface area contributed by atoms with E-state index in [0.29, 0.717) is 27.7 Å². The minimum atomic E-state index is -0.892. The van der Waals surface area contributed by atoms with E-state index in [1.165, 1.54) is 0 Å². The summed E-state index contributed by atoms with van der Waals surface area (Å²) < 4.78 is 0. The summed E-state index contributed by atoms with van der Waals surface area (Å²) in [7, 11) is 0. The largest absolute Gasteiger partial charge is 0.391 e. The Labute approximate surface area is 194 Å². The number of carbonyl (C=O) groups is 1. The maximum atomic E-state index is 12.5. The van der Waals surface area contributed by atoms with Gasteiger partial charge >= 0.3 is 0 Å². The van der Waals surface area contributed by atoms with E-state index in [1.807, 2.05) is 20.8 Å². The van der Waals surface area contributed by atoms with Crippen LogP contribution in [-0.4, -0.2) is 33.7 Å². The first kappa shape index (κ1) is 27.9. The molecule has 0 radical (unpaired) electrons. The average molecular weight is 483 g/mol. The summed E-state index contributed by atoms with van der Waals surface area (Å²) in [5.41, 5.74) is 7.49. The third kappa shape index (κ3) is 8.67. The standard InChI is InChI=1S/C20H25Cl2N3O2.2ClH/c1-20(2,3)25-19(27)14-5-4-8-24-17(14)11-18(26)16(23)10-12-9-13(21)6-7-15(12)22;;/h4-9,16,18,26H,10-11,23H2,1-3H3,(H,25,27);2*1H/t16-,18+;;/m1../s1. The van der Waals surface area contributed by atoms with Crippen LogP contribution in [0.2, 0.25) is 10.0 Å². The Morgan fingerprint density at radius 2 is 1.86 bits per heavy atom. The molecule has 5 nitrogen and oxygen atoms in total. The van der Waals surface area contributed by atoms with Crippen LogP contribution in [0.5, 0.6) is 0 Å². The van der Waals surface area contributed by atoms with E-state index in [0.717, 1.165) is 5.56 Å². The molecule has 4 N–H and O–H groups in total. The highest BCUT2D eigenvalue weighted by Crippen LogP contribution is 2.22. The van der Waals surface area contributed by atoms with E-state index in [1.54, 1.807) is 36.5 Å². The van der Waals surface area contributed by atoms with Crippen molar-refractivity contribution >= 4 is 53.9 Å². The second-order valence-electron chi connectivity index (χ2n) is 7.58. The summed E-state index contributed by atoms with van der Waals surface area (Å²) in [5.74, 6) is -0.232. The number of nitrogens with zero attached hydrogens (tertiary/aromatic N) is 1. The van der Waals surface area contributed by atoms with E-state index in [4.69, 9.17) is 28.9 Å². The van der Waals surface area contributed by atoms with Gasteiger partial charge in [0.2, 0.25) is 0 Å². The lowest BCUT2D eigenvalue weighted by molar-refractivity contribution is 0.0916. The third-order valence-electron chi connectivity index (χ3n) is 3.98. The van der Waals surface area contributed by atoms with Crippen molar-refractivity contribution in [2.24, 2.45) is 5.73 Å². The first-order valence-corrected chi connectivity index (χ1v) is 9.46. The number of halogens is 4. The summed E-state index contributed by atoms with van der Waals surface area (Å²) >= 11 is 12.2. The van der Waals surface area contributed by atoms with Crippen LogP contribution in [0.25, 0.3) is 0 Å². The SMILES string of the molecule is CC(C)(C)NC(=O)c1cccnc1C[C@H](O)[C@H](N)Cc1cc(Cl)ccc1Cl.Cl.Cl. The molecular formula is C20H27Cl4N3O2. The quantitative estimate of drug-likeness (QED) is 0.574. The molecule has 0 bridgehead atoms. The number of amides is 1. The fourth-order valence-electron chi connectivity index (χ4n) is 2.65. The van der Waals surface area contributed by atoms with Crippen molar-refractivity contribution in [2.45, 2.75) is 51.3 Å². The van der Waals surface area contributed by atoms with Gasteiger partial charge in [0, 0.05) is 34.2 Å². The number of pyridine rings is 1. The molecule has 1 aromatic heterocycles. The molecule has 1 aromatic carbocycles. The first-order valence-electron chi connectivity index (χ1n) is 8.71. The Hall–Kier alpha value is -1.08. The molecule has 0 aliphatic rings. The lowest BCUT2D eigenvalue weighted by atomic mass is 9.97. The molecule has 9 heteroatoms. The number of nitrogens with one attached hydrogen (secondary N) is 1. The molecule has 0 aliphatic heterocycles. The van der Waals surface area contributed by atoms with Crippen LogP contribution in [0.4, 0.5) is 0 Å². The number of hydrogen-bond donors (Lipinski definition) is 3. The van der Waals surface area contributed by atoms with Gasteiger partial charge in [-0.05, 0) is 63.1 Å². The zero-order valence-corrected chi connectivity index (χ0v) is 19.6. The maximum Gasteiger partial charge on any atom is 0.253 e. The molecule has 0 spiro atoms. The Kier molecular flexibility index (Phi) is 11.5. The van der Waals surface area contributed by atoms with Gasteiger partial charge in [-0.3, -0.25) is 9.78 Å². The molecule has 0 fully saturated rings. The molecule has 1 heterocycles. The number of nitrogens with two attached hydrogens (primary N) is 1. The van der Waals surface area contributed by atoms with Crippen molar-refractivity contribution < 1.29 is 9.90 Å². The van der Waals surface area contributed by atoms with Crippen LogP contribution in [-0.2, 0) is 12.8 Å². The van der Waals surface area contributed by atoms with Crippen LogP contribution in [0.15, 0.2) is 36.5 Å². The molecule has 0 aliphatic carbocycles. The van der Waals surface area contributed by atoms with Crippen molar-refractivity contribution in [1.29, 1.82) is 0 Å². The van der Waals surface area contributed by atoms with Gasteiger partial charge < -0.3 is 16.2 Å². The third-order valence-corrected chi connectivity index (χ3v) is 4.59. The highest BCUT2D eigenvalue weighted by atomic mass is 35.5. The molecular weight excluding hydrogens is 456 g/mol. The van der Waals surface area contributed by atoms with Crippen molar-refractivity contribution in [3.8, 4) is 0 Å². The van der Waals surface area contributed by atoms with Crippen molar-refractivity contribution in [2.75, 3.05) is 0 Å². The number of aromatic nitrogens is 1. The van der Waals surface area contributed by atoms with Crippen LogP contribution < -0.4 is 11.1 Å². The number of aliphatic hydroxyl groups is 1. The first-order chi connectivity index (χ1) is 12.6. The van der Waals surface area contributed by atoms with Crippen LogP contribution in [0.3, 0.4) is 0 Å². The molecule has 29 heavy (non-hydrogen) atoms. The second kappa shape index (κ2) is 11.9. The van der Waals surface area contributed by atoms with Gasteiger partial charge in [-0.15, -0.1) is 24.8 Å². The minimum Gasteiger partial charge on any atom is -0.391 e. The molecule has 0 unspecified atom stereocenters. The fourth-order valence-corrected chi connectivity index (χ4v) is 3.04. The van der Waals surface area contributed by atoms with E-state index in [9.17, 15) is 9.90 Å². The number of aliphatic hydroxyl groups excluding tert-OH is 1. The highest BCUT2D eigenvalue weighted by Gasteiger charge is 2.23. The van der Waals surface area contributed by atoms with Crippen LogP contribution in [0.1, 0.15) is 42.4 Å². The van der Waals surface area contributed by atoms with E-state index in [2.05, 4.69) is 10.3 Å². The van der Waals surface area contributed by atoms with Crippen molar-refractivity contribution in [1.82, 2.24) is 10.3 Å². The predicted octanol–water partition coefficient (Wildman–Crippen LogP) is 4.23. The van der Waals surface area contributed by atoms with Gasteiger partial charge in [0.25, 0.3) is 5.91 Å². The fraction of sp³-hybridized carbons (Fsp3) is 0.400. The Balaban J connectivity index is 0.00000392. The molecule has 2 atom stereocenters. The maximum absolute atomic E-state index is 12.5. The Bertz CT molecular complexity index is 813. The monoisotopic (exact) mass is 481 g/mol. The summed E-state index contributed by atoms with van der Waals surface area (Å²) in [5, 5.41) is 14.6. The van der Waals surface area contributed by atoms with Crippen LogP contribution >= 0.6 is 48.0 Å². The molecule has 1 amide bonds. The normalized spacial score (nSPS) is 12.9. The van der Waals surface area contributed by atoms with Gasteiger partial charge in [-0.1, -0.05) is 23.2 Å². The van der Waals surface area contributed by atoms with Gasteiger partial charge in [-0.2, -0.15) is 0 Å². The van der Waals surface area contributed by atoms with Gasteiger partial charge in [-0.25, -0.2) is 0 Å². The lowest BCUT2D eigenvalue weighted by Crippen LogP contribution is -2.42.